The molecule has 0 atom stereocenters. The SMILES string of the molecule is Cc1cc[n+](C)c(-c2c(C)cccc2C)c1.Cc1cc[n+](C)c(-c2c(C)cccc2C)c1.Cc1ccc(C)c(-c2cc(C)cc[n+]2C)c1.Cc1ccc(C)c(-c2cc(C)cc[n+]2C)c1.Cc1ccccc1-c1c(C)c(C)cc[n+]1C.Cc1ccccc1-c1c(C)c(C)cc[n+]1C.[2H]C([2H])([2H])c1ccc(-c2cc(C)cc[n+]2C)c(C)c1. The fraction of sp³-hybridized carbons (Fsp3) is 0.267. The summed E-state index contributed by atoms with van der Waals surface area (Å²) in [6.45, 7) is 40.8. The number of aryl methyl sites for hydroxylation is 26. The van der Waals surface area contributed by atoms with E-state index in [4.69, 9.17) is 4.11 Å². The van der Waals surface area contributed by atoms with Crippen molar-refractivity contribution in [2.75, 3.05) is 0 Å². The summed E-state index contributed by atoms with van der Waals surface area (Å²) in [6, 6.07) is 74.5. The van der Waals surface area contributed by atoms with Gasteiger partial charge in [0.05, 0.1) is 11.1 Å². The van der Waals surface area contributed by atoms with E-state index in [9.17, 15) is 0 Å². The highest BCUT2D eigenvalue weighted by atomic mass is 14.9. The van der Waals surface area contributed by atoms with Gasteiger partial charge in [-0.15, -0.1) is 0 Å². The summed E-state index contributed by atoms with van der Waals surface area (Å²) >= 11 is 0. The third-order valence-corrected chi connectivity index (χ3v) is 21.3. The van der Waals surface area contributed by atoms with E-state index < -0.39 is 6.85 Å². The molecular weight excluding hydrogens is 1360 g/mol. The fourth-order valence-corrected chi connectivity index (χ4v) is 14.3. The maximum absolute atomic E-state index is 7.45. The molecule has 0 N–H and O–H groups in total. The van der Waals surface area contributed by atoms with Crippen LogP contribution >= 0.6 is 0 Å². The maximum atomic E-state index is 7.45. The van der Waals surface area contributed by atoms with E-state index in [2.05, 4.69) is 433 Å². The highest BCUT2D eigenvalue weighted by molar-refractivity contribution is 5.70. The first kappa shape index (κ1) is 81.6. The van der Waals surface area contributed by atoms with Gasteiger partial charge in [-0.2, -0.15) is 0 Å². The molecule has 0 amide bonds. The third kappa shape index (κ3) is 22.4. The molecular formula is C105H126N7+7. The van der Waals surface area contributed by atoms with Crippen LogP contribution in [0.25, 0.3) is 78.8 Å². The van der Waals surface area contributed by atoms with Crippen molar-refractivity contribution >= 4 is 0 Å². The molecule has 574 valence electrons. The molecule has 14 aromatic rings. The molecule has 0 bridgehead atoms. The van der Waals surface area contributed by atoms with Gasteiger partial charge in [-0.3, -0.25) is 0 Å². The number of nitrogens with zero attached hydrogens (tertiary/aromatic N) is 7. The molecule has 7 nitrogen and oxygen atoms in total. The van der Waals surface area contributed by atoms with E-state index in [1.165, 1.54) is 173 Å². The Bertz CT molecular complexity index is 5330. The molecule has 0 saturated heterocycles. The average Bonchev–Trinajstić information content (AvgIpc) is 0.810. The summed E-state index contributed by atoms with van der Waals surface area (Å²) in [5.41, 5.74) is 44.4. The van der Waals surface area contributed by atoms with Crippen LogP contribution in [0.5, 0.6) is 0 Å². The van der Waals surface area contributed by atoms with E-state index in [-0.39, 0.29) is 0 Å². The molecule has 0 fully saturated rings. The molecule has 0 saturated carbocycles. The predicted octanol–water partition coefficient (Wildman–Crippen LogP) is 21.7. The second-order valence-electron chi connectivity index (χ2n) is 31.0. The number of rotatable bonds is 7. The lowest BCUT2D eigenvalue weighted by Gasteiger charge is -2.08. The lowest BCUT2D eigenvalue weighted by atomic mass is 9.98. The number of hydrogen-bond donors (Lipinski definition) is 0. The number of aromatic nitrogens is 7. The molecule has 7 heterocycles. The fourth-order valence-electron chi connectivity index (χ4n) is 14.3. The van der Waals surface area contributed by atoms with E-state index in [0.717, 1.165) is 16.8 Å². The Morgan fingerprint density at radius 2 is 0.455 bits per heavy atom. The minimum absolute atomic E-state index is 0.393. The second kappa shape index (κ2) is 39.5. The summed E-state index contributed by atoms with van der Waals surface area (Å²) in [6.07, 6.45) is 14.8. The van der Waals surface area contributed by atoms with Gasteiger partial charge >= 0.3 is 0 Å². The topological polar surface area (TPSA) is 27.2 Å². The Kier molecular flexibility index (Phi) is 28.8. The molecule has 0 aliphatic carbocycles. The van der Waals surface area contributed by atoms with Gasteiger partial charge in [-0.1, -0.05) is 126 Å². The Labute approximate surface area is 678 Å². The smallest absolute Gasteiger partial charge is 0.201 e. The summed E-state index contributed by atoms with van der Waals surface area (Å²) in [7, 11) is 14.6. The van der Waals surface area contributed by atoms with Crippen LogP contribution in [0.15, 0.2) is 256 Å². The van der Waals surface area contributed by atoms with Crippen molar-refractivity contribution in [3.05, 3.63) is 373 Å². The van der Waals surface area contributed by atoms with Gasteiger partial charge < -0.3 is 0 Å². The van der Waals surface area contributed by atoms with Crippen molar-refractivity contribution in [3.63, 3.8) is 0 Å². The van der Waals surface area contributed by atoms with Crippen LogP contribution in [0.3, 0.4) is 0 Å². The Morgan fingerprint density at radius 1 is 0.188 bits per heavy atom. The lowest BCUT2D eigenvalue weighted by molar-refractivity contribution is -0.660. The van der Waals surface area contributed by atoms with E-state index >= 15 is 0 Å². The van der Waals surface area contributed by atoms with Crippen molar-refractivity contribution in [3.8, 4) is 78.8 Å². The van der Waals surface area contributed by atoms with Gasteiger partial charge in [-0.25, -0.2) is 32.0 Å². The van der Waals surface area contributed by atoms with Gasteiger partial charge in [0.25, 0.3) is 0 Å². The Hall–Kier alpha value is -11.4. The summed E-state index contributed by atoms with van der Waals surface area (Å²) in [5, 5.41) is 0. The van der Waals surface area contributed by atoms with Gasteiger partial charge in [0.15, 0.2) is 43.4 Å². The zero-order valence-corrected chi connectivity index (χ0v) is 72.4. The number of pyridine rings is 7. The summed E-state index contributed by atoms with van der Waals surface area (Å²) in [5.74, 6) is 0. The number of hydrogen-bond acceptors (Lipinski definition) is 0. The molecule has 0 radical (unpaired) electrons. The Balaban J connectivity index is 0.000000168. The standard InChI is InChI=1S/7C15H18N/c1-11-5-6-14(13(3)9-11)15-10-12(2)7-8-16(15)4;2*1-11-5-6-13(3)14(9-11)15-10-12(2)7-8-16(15)4;2*1-11-8-9-16(4)14(10-11)15-12(2)6-5-7-13(15)3;2*1-11-9-10-16(4)15(13(11)3)14-8-6-5-7-12(14)2/h7*5-10H,1-4H3/q7*+1/i1D3;;;;;;. The normalized spacial score (nSPS) is 11.0. The number of benzene rings is 7. The van der Waals surface area contributed by atoms with Crippen LogP contribution in [0, 0.1) is 145 Å². The van der Waals surface area contributed by atoms with Crippen LogP contribution < -0.4 is 32.0 Å². The first-order valence-corrected chi connectivity index (χ1v) is 39.1. The van der Waals surface area contributed by atoms with Crippen LogP contribution in [0.1, 0.15) is 121 Å². The van der Waals surface area contributed by atoms with E-state index in [1.807, 2.05) is 30.8 Å². The molecule has 14 rings (SSSR count). The third-order valence-electron chi connectivity index (χ3n) is 21.3. The molecule has 112 heavy (non-hydrogen) atoms. The van der Waals surface area contributed by atoms with Crippen molar-refractivity contribution in [1.29, 1.82) is 0 Å². The monoisotopic (exact) mass is 1490 g/mol. The molecule has 0 aliphatic heterocycles. The molecule has 0 spiro atoms. The lowest BCUT2D eigenvalue weighted by Crippen LogP contribution is -2.31. The van der Waals surface area contributed by atoms with Crippen LogP contribution in [-0.4, -0.2) is 0 Å². The summed E-state index contributed by atoms with van der Waals surface area (Å²) in [4.78, 5) is 0. The zero-order valence-electron chi connectivity index (χ0n) is 75.4. The molecule has 7 aromatic carbocycles. The highest BCUT2D eigenvalue weighted by Crippen LogP contribution is 2.30. The Morgan fingerprint density at radius 3 is 0.777 bits per heavy atom. The highest BCUT2D eigenvalue weighted by Gasteiger charge is 2.21. The van der Waals surface area contributed by atoms with Crippen LogP contribution in [-0.2, 0) is 49.3 Å². The first-order valence-electron chi connectivity index (χ1n) is 40.6. The van der Waals surface area contributed by atoms with Gasteiger partial charge in [-0.05, 0) is 265 Å². The summed E-state index contributed by atoms with van der Waals surface area (Å²) < 4.78 is 37.5. The maximum Gasteiger partial charge on any atom is 0.215 e. The van der Waals surface area contributed by atoms with Crippen molar-refractivity contribution < 1.29 is 36.1 Å². The van der Waals surface area contributed by atoms with Gasteiger partial charge in [0.2, 0.25) is 39.9 Å². The zero-order chi connectivity index (χ0) is 84.4. The second-order valence-corrected chi connectivity index (χ2v) is 31.0. The van der Waals surface area contributed by atoms with E-state index in [1.54, 1.807) is 12.1 Å². The predicted molar refractivity (Wildman–Crippen MR) is 471 cm³/mol. The van der Waals surface area contributed by atoms with Crippen molar-refractivity contribution in [2.24, 2.45) is 49.3 Å². The van der Waals surface area contributed by atoms with Gasteiger partial charge in [0, 0.05) is 116 Å². The van der Waals surface area contributed by atoms with Crippen molar-refractivity contribution in [1.82, 2.24) is 0 Å². The van der Waals surface area contributed by atoms with Crippen LogP contribution in [0.2, 0.25) is 0 Å². The molecule has 0 unspecified atom stereocenters. The van der Waals surface area contributed by atoms with Crippen LogP contribution in [0.4, 0.5) is 0 Å². The van der Waals surface area contributed by atoms with Gasteiger partial charge in [0.1, 0.15) is 49.3 Å². The van der Waals surface area contributed by atoms with E-state index in [0.29, 0.717) is 5.56 Å². The first-order chi connectivity index (χ1) is 54.3. The van der Waals surface area contributed by atoms with Crippen molar-refractivity contribution in [2.45, 2.75) is 145 Å². The minimum Gasteiger partial charge on any atom is -0.201 e. The molecule has 7 heteroatoms. The largest absolute Gasteiger partial charge is 0.215 e. The molecule has 7 aromatic heterocycles. The average molecular weight is 1490 g/mol. The quantitative estimate of drug-likeness (QED) is 0.142. The molecule has 0 aliphatic rings. The minimum atomic E-state index is -2.04.